The number of hydrogen-bond acceptors (Lipinski definition) is 5. The fraction of sp³-hybridized carbons (Fsp3) is 0. The molecule has 15 aromatic rings. The molecule has 0 bridgehead atoms. The van der Waals surface area contributed by atoms with E-state index in [9.17, 15) is 0 Å². The Morgan fingerprint density at radius 3 is 1.76 bits per heavy atom. The van der Waals surface area contributed by atoms with Crippen LogP contribution in [0, 0.1) is 0 Å². The number of rotatable bonds is 4. The van der Waals surface area contributed by atoms with Crippen LogP contribution >= 0.6 is 0 Å². The van der Waals surface area contributed by atoms with E-state index in [0.717, 1.165) is 93.3 Å². The minimum Gasteiger partial charge on any atom is -0.456 e. The quantitative estimate of drug-likeness (QED) is 0.176. The summed E-state index contributed by atoms with van der Waals surface area (Å²) in [5, 5.41) is 15.8. The molecule has 15 rings (SSSR count). The first kappa shape index (κ1) is 36.2. The molecule has 0 aliphatic heterocycles. The third kappa shape index (κ3) is 5.41. The van der Waals surface area contributed by atoms with Gasteiger partial charge in [-0.05, 0) is 104 Å². The second-order valence-corrected chi connectivity index (χ2v) is 17.5. The molecule has 0 atom stereocenters. The zero-order valence-corrected chi connectivity index (χ0v) is 35.7. The van der Waals surface area contributed by atoms with Crippen LogP contribution in [0.15, 0.2) is 215 Å². The molecular formula is C61H34N4O2. The minimum absolute atomic E-state index is 0.563. The predicted molar refractivity (Wildman–Crippen MR) is 275 cm³/mol. The molecule has 4 heterocycles. The third-order valence-corrected chi connectivity index (χ3v) is 13.8. The van der Waals surface area contributed by atoms with Crippen molar-refractivity contribution in [2.75, 3.05) is 0 Å². The van der Waals surface area contributed by atoms with Gasteiger partial charge in [-0.1, -0.05) is 140 Å². The Morgan fingerprint density at radius 2 is 0.896 bits per heavy atom. The lowest BCUT2D eigenvalue weighted by molar-refractivity contribution is 0.668. The Balaban J connectivity index is 0.996. The Labute approximate surface area is 381 Å². The smallest absolute Gasteiger partial charge is 0.164 e. The predicted octanol–water partition coefficient (Wildman–Crippen LogP) is 16.4. The van der Waals surface area contributed by atoms with Crippen LogP contribution in [0.4, 0.5) is 0 Å². The molecular weight excluding hydrogens is 821 g/mol. The molecule has 0 amide bonds. The number of hydrogen-bond donors (Lipinski definition) is 0. The van der Waals surface area contributed by atoms with Crippen LogP contribution < -0.4 is 0 Å². The fourth-order valence-electron chi connectivity index (χ4n) is 10.6. The van der Waals surface area contributed by atoms with Gasteiger partial charge in [0.15, 0.2) is 17.5 Å². The van der Waals surface area contributed by atoms with E-state index in [1.807, 2.05) is 42.5 Å². The van der Waals surface area contributed by atoms with Gasteiger partial charge in [-0.2, -0.15) is 0 Å². The molecule has 0 unspecified atom stereocenters. The van der Waals surface area contributed by atoms with E-state index in [1.54, 1.807) is 0 Å². The Hall–Kier alpha value is -9.13. The fourth-order valence-corrected chi connectivity index (χ4v) is 10.6. The largest absolute Gasteiger partial charge is 0.456 e. The Morgan fingerprint density at radius 1 is 0.313 bits per heavy atom. The van der Waals surface area contributed by atoms with Crippen molar-refractivity contribution < 1.29 is 8.83 Å². The number of fused-ring (bicyclic) bond motifs is 15. The van der Waals surface area contributed by atoms with Crippen molar-refractivity contribution in [2.45, 2.75) is 0 Å². The number of furan rings is 2. The van der Waals surface area contributed by atoms with Crippen molar-refractivity contribution in [3.63, 3.8) is 0 Å². The highest BCUT2D eigenvalue weighted by molar-refractivity contribution is 6.24. The average molecular weight is 855 g/mol. The second-order valence-electron chi connectivity index (χ2n) is 17.5. The Bertz CT molecular complexity index is 4590. The number of aromatic nitrogens is 4. The van der Waals surface area contributed by atoms with Crippen molar-refractivity contribution in [1.29, 1.82) is 0 Å². The van der Waals surface area contributed by atoms with Gasteiger partial charge in [-0.25, -0.2) is 15.0 Å². The first-order chi connectivity index (χ1) is 33.2. The van der Waals surface area contributed by atoms with Crippen molar-refractivity contribution in [1.82, 2.24) is 19.5 Å². The molecule has 0 N–H and O–H groups in total. The van der Waals surface area contributed by atoms with Gasteiger partial charge in [0, 0.05) is 60.1 Å². The highest BCUT2D eigenvalue weighted by Gasteiger charge is 2.22. The van der Waals surface area contributed by atoms with Gasteiger partial charge in [0.1, 0.15) is 22.3 Å². The molecule has 0 fully saturated rings. The van der Waals surface area contributed by atoms with Crippen LogP contribution in [0.25, 0.3) is 149 Å². The zero-order valence-electron chi connectivity index (χ0n) is 35.7. The maximum Gasteiger partial charge on any atom is 0.164 e. The van der Waals surface area contributed by atoms with E-state index < -0.39 is 0 Å². The number of para-hydroxylation sites is 1. The number of nitrogens with zero attached hydrogens (tertiary/aromatic N) is 4. The monoisotopic (exact) mass is 854 g/mol. The highest BCUT2D eigenvalue weighted by atomic mass is 16.3. The zero-order chi connectivity index (χ0) is 43.7. The lowest BCUT2D eigenvalue weighted by Gasteiger charge is -2.12. The van der Waals surface area contributed by atoms with Gasteiger partial charge in [0.05, 0.1) is 11.0 Å². The molecule has 4 aromatic heterocycles. The van der Waals surface area contributed by atoms with Crippen molar-refractivity contribution >= 4 is 109 Å². The van der Waals surface area contributed by atoms with Gasteiger partial charge in [-0.15, -0.1) is 0 Å². The second kappa shape index (κ2) is 13.7. The normalized spacial score (nSPS) is 12.2. The molecule has 6 nitrogen and oxygen atoms in total. The summed E-state index contributed by atoms with van der Waals surface area (Å²) in [7, 11) is 0. The van der Waals surface area contributed by atoms with Crippen LogP contribution in [-0.2, 0) is 0 Å². The van der Waals surface area contributed by atoms with Crippen molar-refractivity contribution in [3.05, 3.63) is 206 Å². The molecule has 0 saturated carbocycles. The van der Waals surface area contributed by atoms with E-state index in [-0.39, 0.29) is 0 Å². The maximum absolute atomic E-state index is 6.77. The molecule has 0 spiro atoms. The highest BCUT2D eigenvalue weighted by Crippen LogP contribution is 2.43. The standard InChI is InChI=1S/C61H34N4O2/c1-2-12-38-30-41(21-20-35(38)10-1)59-62-60(42-25-28-53-50(32-42)45-16-7-8-18-52(45)66-53)64-61(63-59)47-17-9-19-54-56(47)57-48-34-43(26-22-37(48)24-29-55(57)67-54)65-51-33-40-14-4-3-13-39(40)31-49(51)46-27-23-36-11-5-6-15-44(36)58(46)65/h1-34H. The first-order valence-corrected chi connectivity index (χ1v) is 22.6. The third-order valence-electron chi connectivity index (χ3n) is 13.8. The molecule has 67 heavy (non-hydrogen) atoms. The molecule has 0 saturated heterocycles. The van der Waals surface area contributed by atoms with Crippen molar-refractivity contribution in [2.24, 2.45) is 0 Å². The summed E-state index contributed by atoms with van der Waals surface area (Å²) >= 11 is 0. The lowest BCUT2D eigenvalue weighted by atomic mass is 9.99. The minimum atomic E-state index is 0.563. The van der Waals surface area contributed by atoms with Gasteiger partial charge in [-0.3, -0.25) is 0 Å². The van der Waals surface area contributed by atoms with Gasteiger partial charge in [0.2, 0.25) is 0 Å². The van der Waals surface area contributed by atoms with Crippen LogP contribution in [0.5, 0.6) is 0 Å². The molecule has 310 valence electrons. The summed E-state index contributed by atoms with van der Waals surface area (Å²) < 4.78 is 15.5. The molecule has 0 aliphatic rings. The van der Waals surface area contributed by atoms with Crippen LogP contribution in [0.3, 0.4) is 0 Å². The summed E-state index contributed by atoms with van der Waals surface area (Å²) in [6.07, 6.45) is 0. The first-order valence-electron chi connectivity index (χ1n) is 22.6. The average Bonchev–Trinajstić information content (AvgIpc) is 4.07. The Kier molecular flexibility index (Phi) is 7.40. The van der Waals surface area contributed by atoms with E-state index in [2.05, 4.69) is 168 Å². The van der Waals surface area contributed by atoms with Crippen LogP contribution in [0.1, 0.15) is 0 Å². The van der Waals surface area contributed by atoms with E-state index in [1.165, 1.54) is 37.8 Å². The number of benzene rings is 11. The van der Waals surface area contributed by atoms with Crippen LogP contribution in [0.2, 0.25) is 0 Å². The van der Waals surface area contributed by atoms with Gasteiger partial charge >= 0.3 is 0 Å². The summed E-state index contributed by atoms with van der Waals surface area (Å²) in [4.78, 5) is 15.9. The summed E-state index contributed by atoms with van der Waals surface area (Å²) in [6, 6.07) is 72.9. The van der Waals surface area contributed by atoms with Gasteiger partial charge < -0.3 is 13.4 Å². The van der Waals surface area contributed by atoms with Gasteiger partial charge in [0.25, 0.3) is 0 Å². The molecule has 0 radical (unpaired) electrons. The van der Waals surface area contributed by atoms with Crippen molar-refractivity contribution in [3.8, 4) is 39.9 Å². The molecule has 11 aromatic carbocycles. The lowest BCUT2D eigenvalue weighted by Crippen LogP contribution is -2.00. The van der Waals surface area contributed by atoms with E-state index >= 15 is 0 Å². The summed E-state index contributed by atoms with van der Waals surface area (Å²) in [6.45, 7) is 0. The van der Waals surface area contributed by atoms with E-state index in [4.69, 9.17) is 23.8 Å². The topological polar surface area (TPSA) is 69.9 Å². The van der Waals surface area contributed by atoms with E-state index in [0.29, 0.717) is 17.5 Å². The SMILES string of the molecule is c1ccc2cc(-c3nc(-c4ccc5oc6ccccc6c5c4)nc(-c4cccc5oc6ccc7ccc(-n8c9cc%10ccccc%10cc9c9ccc%10ccccc%10c98)cc7c6c45)n3)ccc2c1. The maximum atomic E-state index is 6.77. The van der Waals surface area contributed by atoms with Crippen LogP contribution in [-0.4, -0.2) is 19.5 Å². The molecule has 6 heteroatoms. The summed E-state index contributed by atoms with van der Waals surface area (Å²) in [5.74, 6) is 1.72. The summed E-state index contributed by atoms with van der Waals surface area (Å²) in [5.41, 5.74) is 9.29. The molecule has 0 aliphatic carbocycles.